The molecule has 0 radical (unpaired) electrons. The van der Waals surface area contributed by atoms with Gasteiger partial charge in [-0.05, 0) is 49.2 Å². The van der Waals surface area contributed by atoms with Gasteiger partial charge in [-0.25, -0.2) is 9.78 Å². The highest BCUT2D eigenvalue weighted by molar-refractivity contribution is 7.99. The van der Waals surface area contributed by atoms with Crippen LogP contribution >= 0.6 is 11.8 Å². The predicted molar refractivity (Wildman–Crippen MR) is 119 cm³/mol. The molecule has 1 heterocycles. The van der Waals surface area contributed by atoms with Crippen LogP contribution in [0.3, 0.4) is 0 Å². The van der Waals surface area contributed by atoms with Gasteiger partial charge in [0.2, 0.25) is 5.91 Å². The van der Waals surface area contributed by atoms with Crippen molar-refractivity contribution >= 4 is 34.6 Å². The number of para-hydroxylation sites is 1. The van der Waals surface area contributed by atoms with Crippen LogP contribution in [0.25, 0.3) is 16.6 Å². The number of aromatic nitrogens is 2. The number of thioether (sulfide) groups is 1. The number of hydrogen-bond donors (Lipinski definition) is 2. The number of amides is 3. The monoisotopic (exact) mass is 422 g/mol. The molecule has 0 saturated carbocycles. The Morgan fingerprint density at radius 1 is 1.17 bits per heavy atom. The molecule has 2 N–H and O–H groups in total. The van der Waals surface area contributed by atoms with Crippen molar-refractivity contribution < 1.29 is 9.59 Å². The van der Waals surface area contributed by atoms with Crippen LogP contribution in [0.4, 0.5) is 4.79 Å². The lowest BCUT2D eigenvalue weighted by atomic mass is 10.1. The van der Waals surface area contributed by atoms with E-state index in [1.807, 2.05) is 32.0 Å². The number of fused-ring (bicyclic) bond motifs is 1. The van der Waals surface area contributed by atoms with Crippen LogP contribution in [0.2, 0.25) is 0 Å². The SMILES string of the molecule is C=CCNC(=O)NC(=O)CSc1nc2ccccc2c(=O)n1-c1cc(C)cc(C)c1. The summed E-state index contributed by atoms with van der Waals surface area (Å²) in [4.78, 5) is 41.7. The average molecular weight is 423 g/mol. The number of urea groups is 1. The van der Waals surface area contributed by atoms with E-state index in [-0.39, 0.29) is 17.9 Å². The Kier molecular flexibility index (Phi) is 6.68. The lowest BCUT2D eigenvalue weighted by molar-refractivity contribution is -0.117. The molecule has 3 aromatic rings. The first kappa shape index (κ1) is 21.3. The number of benzene rings is 2. The Balaban J connectivity index is 1.97. The van der Waals surface area contributed by atoms with Crippen LogP contribution in [-0.2, 0) is 4.79 Å². The average Bonchev–Trinajstić information content (AvgIpc) is 2.70. The van der Waals surface area contributed by atoms with Crippen molar-refractivity contribution in [2.75, 3.05) is 12.3 Å². The van der Waals surface area contributed by atoms with Crippen molar-refractivity contribution in [2.24, 2.45) is 0 Å². The van der Waals surface area contributed by atoms with Crippen molar-refractivity contribution in [1.29, 1.82) is 0 Å². The van der Waals surface area contributed by atoms with Gasteiger partial charge in [-0.15, -0.1) is 6.58 Å². The first-order chi connectivity index (χ1) is 14.4. The highest BCUT2D eigenvalue weighted by Crippen LogP contribution is 2.22. The fourth-order valence-electron chi connectivity index (χ4n) is 3.02. The van der Waals surface area contributed by atoms with E-state index in [0.717, 1.165) is 22.9 Å². The summed E-state index contributed by atoms with van der Waals surface area (Å²) >= 11 is 1.10. The largest absolute Gasteiger partial charge is 0.334 e. The van der Waals surface area contributed by atoms with Gasteiger partial charge in [0.25, 0.3) is 5.56 Å². The first-order valence-electron chi connectivity index (χ1n) is 9.31. The van der Waals surface area contributed by atoms with Crippen molar-refractivity contribution in [1.82, 2.24) is 20.2 Å². The van der Waals surface area contributed by atoms with Crippen molar-refractivity contribution in [3.63, 3.8) is 0 Å². The van der Waals surface area contributed by atoms with Gasteiger partial charge >= 0.3 is 6.03 Å². The van der Waals surface area contributed by atoms with Crippen molar-refractivity contribution in [3.05, 3.63) is 76.6 Å². The van der Waals surface area contributed by atoms with Crippen LogP contribution in [0, 0.1) is 13.8 Å². The van der Waals surface area contributed by atoms with Crippen LogP contribution in [0.1, 0.15) is 11.1 Å². The predicted octanol–water partition coefficient (Wildman–Crippen LogP) is 3.11. The van der Waals surface area contributed by atoms with E-state index in [2.05, 4.69) is 22.2 Å². The molecule has 1 aromatic heterocycles. The minimum absolute atomic E-state index is 0.0723. The zero-order chi connectivity index (χ0) is 21.7. The van der Waals surface area contributed by atoms with Gasteiger partial charge in [-0.3, -0.25) is 19.5 Å². The maximum absolute atomic E-state index is 13.2. The van der Waals surface area contributed by atoms with Crippen LogP contribution in [-0.4, -0.2) is 33.8 Å². The summed E-state index contributed by atoms with van der Waals surface area (Å²) in [5.74, 6) is -0.562. The van der Waals surface area contributed by atoms with Gasteiger partial charge in [-0.2, -0.15) is 0 Å². The molecule has 0 aliphatic rings. The van der Waals surface area contributed by atoms with Gasteiger partial charge in [0.1, 0.15) is 0 Å². The molecule has 154 valence electrons. The molecule has 3 rings (SSSR count). The van der Waals surface area contributed by atoms with Gasteiger partial charge in [-0.1, -0.05) is 36.0 Å². The Labute approximate surface area is 178 Å². The second kappa shape index (κ2) is 9.41. The third-order valence-electron chi connectivity index (χ3n) is 4.20. The fraction of sp³-hybridized carbons (Fsp3) is 0.182. The van der Waals surface area contributed by atoms with Gasteiger partial charge in [0.15, 0.2) is 5.16 Å². The molecule has 0 atom stereocenters. The number of hydrogen-bond acceptors (Lipinski definition) is 5. The van der Waals surface area contributed by atoms with Gasteiger partial charge in [0.05, 0.1) is 22.3 Å². The molecule has 8 heteroatoms. The second-order valence-corrected chi connectivity index (χ2v) is 7.68. The Morgan fingerprint density at radius 2 is 1.87 bits per heavy atom. The molecule has 0 unspecified atom stereocenters. The number of carbonyl (C=O) groups is 2. The molecular weight excluding hydrogens is 400 g/mol. The molecule has 0 spiro atoms. The molecule has 2 aromatic carbocycles. The van der Waals surface area contributed by atoms with Crippen LogP contribution in [0.5, 0.6) is 0 Å². The molecular formula is C22H22N4O3S. The van der Waals surface area contributed by atoms with E-state index in [9.17, 15) is 14.4 Å². The number of nitrogens with one attached hydrogen (secondary N) is 2. The maximum Gasteiger partial charge on any atom is 0.321 e. The van der Waals surface area contributed by atoms with Crippen LogP contribution < -0.4 is 16.2 Å². The highest BCUT2D eigenvalue weighted by atomic mass is 32.2. The van der Waals surface area contributed by atoms with Crippen LogP contribution in [0.15, 0.2) is 65.1 Å². The zero-order valence-electron chi connectivity index (χ0n) is 16.8. The molecule has 7 nitrogen and oxygen atoms in total. The Hall–Kier alpha value is -3.39. The summed E-state index contributed by atoms with van der Waals surface area (Å²) < 4.78 is 1.51. The summed E-state index contributed by atoms with van der Waals surface area (Å²) in [5.41, 5.74) is 3.05. The van der Waals surface area contributed by atoms with E-state index in [4.69, 9.17) is 0 Å². The maximum atomic E-state index is 13.2. The summed E-state index contributed by atoms with van der Waals surface area (Å²) in [5, 5.41) is 5.59. The standard InChI is InChI=1S/C22H22N4O3S/c1-4-9-23-21(29)25-19(27)13-30-22-24-18-8-6-5-7-17(18)20(28)26(22)16-11-14(2)10-15(3)12-16/h4-8,10-12H,1,9,13H2,2-3H3,(H2,23,25,27,29). The molecule has 0 saturated heterocycles. The van der Waals surface area contributed by atoms with Crippen molar-refractivity contribution in [2.45, 2.75) is 19.0 Å². The molecule has 0 fully saturated rings. The van der Waals surface area contributed by atoms with E-state index in [1.165, 1.54) is 10.6 Å². The Bertz CT molecular complexity index is 1170. The second-order valence-electron chi connectivity index (χ2n) is 6.73. The fourth-order valence-corrected chi connectivity index (χ4v) is 3.83. The summed E-state index contributed by atoms with van der Waals surface area (Å²) in [7, 11) is 0. The highest BCUT2D eigenvalue weighted by Gasteiger charge is 2.16. The number of rotatable bonds is 6. The third kappa shape index (κ3) is 4.96. The quantitative estimate of drug-likeness (QED) is 0.362. The number of aryl methyl sites for hydroxylation is 2. The van der Waals surface area contributed by atoms with E-state index >= 15 is 0 Å². The molecule has 0 bridgehead atoms. The Morgan fingerprint density at radius 3 is 2.57 bits per heavy atom. The van der Waals surface area contributed by atoms with Gasteiger partial charge < -0.3 is 5.32 Å². The molecule has 0 aliphatic carbocycles. The van der Waals surface area contributed by atoms with Crippen molar-refractivity contribution in [3.8, 4) is 5.69 Å². The number of nitrogens with zero attached hydrogens (tertiary/aromatic N) is 2. The molecule has 3 amide bonds. The third-order valence-corrected chi connectivity index (χ3v) is 5.14. The van der Waals surface area contributed by atoms with E-state index < -0.39 is 11.9 Å². The van der Waals surface area contributed by atoms with E-state index in [0.29, 0.717) is 21.7 Å². The summed E-state index contributed by atoms with van der Waals surface area (Å²) in [6.45, 7) is 7.67. The van der Waals surface area contributed by atoms with E-state index in [1.54, 1.807) is 24.3 Å². The lowest BCUT2D eigenvalue weighted by Gasteiger charge is -2.14. The zero-order valence-corrected chi connectivity index (χ0v) is 17.6. The number of carbonyl (C=O) groups excluding carboxylic acids is 2. The summed E-state index contributed by atoms with van der Waals surface area (Å²) in [6.07, 6.45) is 1.51. The minimum Gasteiger partial charge on any atom is -0.334 e. The van der Waals surface area contributed by atoms with Gasteiger partial charge in [0, 0.05) is 6.54 Å². The summed E-state index contributed by atoms with van der Waals surface area (Å²) in [6, 6.07) is 12.3. The topological polar surface area (TPSA) is 93.1 Å². The first-order valence-corrected chi connectivity index (χ1v) is 10.3. The normalized spacial score (nSPS) is 10.6. The number of imide groups is 1. The smallest absolute Gasteiger partial charge is 0.321 e. The molecule has 0 aliphatic heterocycles. The lowest BCUT2D eigenvalue weighted by Crippen LogP contribution is -2.40. The minimum atomic E-state index is -0.598. The molecule has 30 heavy (non-hydrogen) atoms.